The van der Waals surface area contributed by atoms with E-state index in [4.69, 9.17) is 5.73 Å². The van der Waals surface area contributed by atoms with Gasteiger partial charge in [-0.1, -0.05) is 6.92 Å². The number of carbonyl (C=O) groups excluding carboxylic acids is 1. The molecule has 0 saturated carbocycles. The molecule has 0 fully saturated rings. The first-order valence-electron chi connectivity index (χ1n) is 6.54. The van der Waals surface area contributed by atoms with Crippen LogP contribution in [0.25, 0.3) is 0 Å². The van der Waals surface area contributed by atoms with Crippen LogP contribution in [0.1, 0.15) is 23.7 Å². The molecule has 6 nitrogen and oxygen atoms in total. The van der Waals surface area contributed by atoms with Gasteiger partial charge in [-0.3, -0.25) is 4.79 Å². The molecule has 0 bridgehead atoms. The van der Waals surface area contributed by atoms with Crippen molar-refractivity contribution >= 4 is 21.6 Å². The Morgan fingerprint density at radius 3 is 2.62 bits per heavy atom. The van der Waals surface area contributed by atoms with E-state index >= 15 is 0 Å². The molecule has 0 atom stereocenters. The fourth-order valence-corrected chi connectivity index (χ4v) is 2.72. The average molecular weight is 317 g/mol. The minimum absolute atomic E-state index is 0.0155. The number of benzene rings is 1. The molecule has 0 aliphatic heterocycles. The van der Waals surface area contributed by atoms with Crippen molar-refractivity contribution in [3.05, 3.63) is 29.6 Å². The maximum atomic E-state index is 13.2. The second kappa shape index (κ2) is 7.37. The van der Waals surface area contributed by atoms with Crippen LogP contribution in [0.4, 0.5) is 10.1 Å². The summed E-state index contributed by atoms with van der Waals surface area (Å²) in [6.07, 6.45) is 1.62. The standard InChI is InChI=1S/C13H20FN3O3S/c1-3-17(21(2,19)20)8-4-7-16-13(18)10-5-6-12(15)11(14)9-10/h5-6,9H,3-4,7-8,15H2,1-2H3,(H,16,18). The van der Waals surface area contributed by atoms with Crippen molar-refractivity contribution in [2.75, 3.05) is 31.6 Å². The molecule has 0 aromatic heterocycles. The quantitative estimate of drug-likeness (QED) is 0.575. The predicted molar refractivity (Wildman–Crippen MR) is 79.9 cm³/mol. The van der Waals surface area contributed by atoms with E-state index in [1.807, 2.05) is 0 Å². The number of amides is 1. The summed E-state index contributed by atoms with van der Waals surface area (Å²) in [6.45, 7) is 2.76. The average Bonchev–Trinajstić information content (AvgIpc) is 2.40. The highest BCUT2D eigenvalue weighted by Crippen LogP contribution is 2.11. The number of nitrogens with one attached hydrogen (secondary N) is 1. The molecule has 118 valence electrons. The SMILES string of the molecule is CCN(CCCNC(=O)c1ccc(N)c(F)c1)S(C)(=O)=O. The Morgan fingerprint density at radius 1 is 1.43 bits per heavy atom. The van der Waals surface area contributed by atoms with Gasteiger partial charge in [0.05, 0.1) is 11.9 Å². The molecule has 1 aromatic rings. The van der Waals surface area contributed by atoms with Gasteiger partial charge in [-0.05, 0) is 24.6 Å². The number of rotatable bonds is 7. The van der Waals surface area contributed by atoms with Gasteiger partial charge in [-0.15, -0.1) is 0 Å². The van der Waals surface area contributed by atoms with E-state index in [0.717, 1.165) is 12.3 Å². The number of halogens is 1. The third kappa shape index (κ3) is 5.31. The van der Waals surface area contributed by atoms with Gasteiger partial charge < -0.3 is 11.1 Å². The molecule has 8 heteroatoms. The lowest BCUT2D eigenvalue weighted by molar-refractivity contribution is 0.0952. The molecule has 0 spiro atoms. The highest BCUT2D eigenvalue weighted by molar-refractivity contribution is 7.88. The minimum Gasteiger partial charge on any atom is -0.396 e. The fourth-order valence-electron chi connectivity index (χ4n) is 1.79. The third-order valence-electron chi connectivity index (χ3n) is 2.95. The van der Waals surface area contributed by atoms with Crippen LogP contribution in [-0.2, 0) is 10.0 Å². The van der Waals surface area contributed by atoms with Crippen molar-refractivity contribution in [2.45, 2.75) is 13.3 Å². The van der Waals surface area contributed by atoms with Gasteiger partial charge >= 0.3 is 0 Å². The van der Waals surface area contributed by atoms with E-state index in [-0.39, 0.29) is 11.3 Å². The number of nitrogens with zero attached hydrogens (tertiary/aromatic N) is 1. The molecule has 0 saturated heterocycles. The number of carbonyl (C=O) groups is 1. The Morgan fingerprint density at radius 2 is 2.10 bits per heavy atom. The number of anilines is 1. The topological polar surface area (TPSA) is 92.5 Å². The second-order valence-corrected chi connectivity index (χ2v) is 6.58. The van der Waals surface area contributed by atoms with E-state index in [1.54, 1.807) is 6.92 Å². The summed E-state index contributed by atoms with van der Waals surface area (Å²) < 4.78 is 37.3. The van der Waals surface area contributed by atoms with Crippen LogP contribution in [0, 0.1) is 5.82 Å². The molecular formula is C13H20FN3O3S. The number of nitrogens with two attached hydrogens (primary N) is 1. The molecule has 1 aromatic carbocycles. The number of hydrogen-bond acceptors (Lipinski definition) is 4. The minimum atomic E-state index is -3.22. The Balaban J connectivity index is 2.45. The molecule has 1 rings (SSSR count). The Labute approximate surface area is 124 Å². The smallest absolute Gasteiger partial charge is 0.251 e. The zero-order chi connectivity index (χ0) is 16.0. The maximum Gasteiger partial charge on any atom is 0.251 e. The summed E-state index contributed by atoms with van der Waals surface area (Å²) in [5.41, 5.74) is 5.49. The van der Waals surface area contributed by atoms with Crippen LogP contribution in [0.2, 0.25) is 0 Å². The molecule has 1 amide bonds. The van der Waals surface area contributed by atoms with Crippen LogP contribution in [0.15, 0.2) is 18.2 Å². The van der Waals surface area contributed by atoms with Crippen LogP contribution in [0.5, 0.6) is 0 Å². The van der Waals surface area contributed by atoms with Gasteiger partial charge in [0.15, 0.2) is 0 Å². The monoisotopic (exact) mass is 317 g/mol. The number of hydrogen-bond donors (Lipinski definition) is 2. The Hall–Kier alpha value is -1.67. The van der Waals surface area contributed by atoms with Gasteiger partial charge in [0, 0.05) is 25.2 Å². The van der Waals surface area contributed by atoms with Gasteiger partial charge in [-0.2, -0.15) is 0 Å². The summed E-state index contributed by atoms with van der Waals surface area (Å²) in [4.78, 5) is 11.8. The van der Waals surface area contributed by atoms with E-state index in [9.17, 15) is 17.6 Å². The summed E-state index contributed by atoms with van der Waals surface area (Å²) in [7, 11) is -3.22. The lowest BCUT2D eigenvalue weighted by Gasteiger charge is -2.17. The number of nitrogen functional groups attached to an aromatic ring is 1. The first kappa shape index (κ1) is 17.4. The van der Waals surface area contributed by atoms with Crippen LogP contribution >= 0.6 is 0 Å². The fraction of sp³-hybridized carbons (Fsp3) is 0.462. The second-order valence-electron chi connectivity index (χ2n) is 4.60. The van der Waals surface area contributed by atoms with Crippen molar-refractivity contribution in [2.24, 2.45) is 0 Å². The summed E-state index contributed by atoms with van der Waals surface area (Å²) >= 11 is 0. The Kier molecular flexibility index (Phi) is 6.10. The lowest BCUT2D eigenvalue weighted by Crippen LogP contribution is -2.33. The van der Waals surface area contributed by atoms with Crippen molar-refractivity contribution in [3.8, 4) is 0 Å². The Bertz CT molecular complexity index is 605. The molecule has 0 aliphatic carbocycles. The van der Waals surface area contributed by atoms with Gasteiger partial charge in [0.25, 0.3) is 5.91 Å². The number of sulfonamides is 1. The summed E-state index contributed by atoms with van der Waals surface area (Å²) in [5.74, 6) is -1.06. The first-order chi connectivity index (χ1) is 9.75. The maximum absolute atomic E-state index is 13.2. The van der Waals surface area contributed by atoms with E-state index < -0.39 is 21.7 Å². The van der Waals surface area contributed by atoms with Crippen LogP contribution in [-0.4, -0.2) is 44.5 Å². The molecule has 0 aliphatic rings. The van der Waals surface area contributed by atoms with Crippen LogP contribution in [0.3, 0.4) is 0 Å². The first-order valence-corrected chi connectivity index (χ1v) is 8.39. The zero-order valence-corrected chi connectivity index (χ0v) is 12.9. The van der Waals surface area contributed by atoms with Gasteiger partial charge in [0.1, 0.15) is 5.82 Å². The van der Waals surface area contributed by atoms with Crippen molar-refractivity contribution in [1.82, 2.24) is 9.62 Å². The summed E-state index contributed by atoms with van der Waals surface area (Å²) in [6, 6.07) is 3.83. The van der Waals surface area contributed by atoms with E-state index in [1.165, 1.54) is 16.4 Å². The van der Waals surface area contributed by atoms with Gasteiger partial charge in [-0.25, -0.2) is 17.1 Å². The van der Waals surface area contributed by atoms with Gasteiger partial charge in [0.2, 0.25) is 10.0 Å². The molecule has 0 heterocycles. The predicted octanol–water partition coefficient (Wildman–Crippen LogP) is 0.809. The highest BCUT2D eigenvalue weighted by Gasteiger charge is 2.13. The molecule has 0 unspecified atom stereocenters. The molecular weight excluding hydrogens is 297 g/mol. The normalized spacial score (nSPS) is 11.6. The molecule has 3 N–H and O–H groups in total. The third-order valence-corrected chi connectivity index (χ3v) is 4.33. The highest BCUT2D eigenvalue weighted by atomic mass is 32.2. The van der Waals surface area contributed by atoms with Crippen molar-refractivity contribution < 1.29 is 17.6 Å². The summed E-state index contributed by atoms with van der Waals surface area (Å²) in [5, 5.41) is 2.61. The van der Waals surface area contributed by atoms with E-state index in [0.29, 0.717) is 26.1 Å². The zero-order valence-electron chi connectivity index (χ0n) is 12.1. The van der Waals surface area contributed by atoms with Crippen LogP contribution < -0.4 is 11.1 Å². The largest absolute Gasteiger partial charge is 0.396 e. The van der Waals surface area contributed by atoms with Crippen molar-refractivity contribution in [1.29, 1.82) is 0 Å². The van der Waals surface area contributed by atoms with Crippen molar-refractivity contribution in [3.63, 3.8) is 0 Å². The lowest BCUT2D eigenvalue weighted by atomic mass is 10.2. The van der Waals surface area contributed by atoms with E-state index in [2.05, 4.69) is 5.32 Å². The molecule has 21 heavy (non-hydrogen) atoms. The molecule has 0 radical (unpaired) electrons.